The summed E-state index contributed by atoms with van der Waals surface area (Å²) in [6.45, 7) is 11.5. The van der Waals surface area contributed by atoms with Crippen LogP contribution in [0.3, 0.4) is 0 Å². The summed E-state index contributed by atoms with van der Waals surface area (Å²) >= 11 is 1.87. The number of rotatable bonds is 4. The number of aryl methyl sites for hydroxylation is 4. The van der Waals surface area contributed by atoms with Gasteiger partial charge in [-0.2, -0.15) is 0 Å². The van der Waals surface area contributed by atoms with Crippen LogP contribution in [-0.2, 0) is 6.54 Å². The van der Waals surface area contributed by atoms with E-state index >= 15 is 0 Å². The molecule has 0 amide bonds. The molecule has 1 atom stereocenters. The maximum absolute atomic E-state index is 5.58. The molecule has 2 rings (SSSR count). The molecule has 2 nitrogen and oxygen atoms in total. The van der Waals surface area contributed by atoms with Crippen LogP contribution in [-0.4, -0.2) is 0 Å². The van der Waals surface area contributed by atoms with E-state index in [0.29, 0.717) is 6.04 Å². The summed E-state index contributed by atoms with van der Waals surface area (Å²) in [4.78, 5) is 2.79. The summed E-state index contributed by atoms with van der Waals surface area (Å²) in [5, 5.41) is 3.57. The van der Waals surface area contributed by atoms with Crippen LogP contribution in [0.2, 0.25) is 0 Å². The molecular formula is C15H21NOS. The molecule has 0 fully saturated rings. The Bertz CT molecular complexity index is 539. The second-order valence-corrected chi connectivity index (χ2v) is 6.37. The van der Waals surface area contributed by atoms with E-state index in [9.17, 15) is 0 Å². The van der Waals surface area contributed by atoms with E-state index < -0.39 is 0 Å². The van der Waals surface area contributed by atoms with Gasteiger partial charge in [0.25, 0.3) is 0 Å². The topological polar surface area (TPSA) is 25.2 Å². The van der Waals surface area contributed by atoms with Crippen molar-refractivity contribution >= 4 is 11.3 Å². The second-order valence-electron chi connectivity index (χ2n) is 4.91. The van der Waals surface area contributed by atoms with Crippen molar-refractivity contribution in [2.75, 3.05) is 0 Å². The Kier molecular flexibility index (Phi) is 3.93. The Balaban J connectivity index is 2.02. The van der Waals surface area contributed by atoms with Gasteiger partial charge in [-0.05, 0) is 52.3 Å². The molecule has 0 radical (unpaired) electrons. The van der Waals surface area contributed by atoms with Crippen LogP contribution in [0.4, 0.5) is 0 Å². The first-order valence-corrected chi connectivity index (χ1v) is 7.15. The van der Waals surface area contributed by atoms with E-state index in [1.54, 1.807) is 0 Å². The number of thiophene rings is 1. The third-order valence-electron chi connectivity index (χ3n) is 3.29. The number of furan rings is 1. The van der Waals surface area contributed by atoms with Crippen molar-refractivity contribution in [2.24, 2.45) is 0 Å². The van der Waals surface area contributed by atoms with Crippen LogP contribution in [0.1, 0.15) is 45.4 Å². The van der Waals surface area contributed by atoms with E-state index in [0.717, 1.165) is 18.1 Å². The van der Waals surface area contributed by atoms with Crippen molar-refractivity contribution in [1.29, 1.82) is 0 Å². The van der Waals surface area contributed by atoms with Gasteiger partial charge >= 0.3 is 0 Å². The molecule has 0 bridgehead atoms. The summed E-state index contributed by atoms with van der Waals surface area (Å²) in [7, 11) is 0. The fourth-order valence-electron chi connectivity index (χ4n) is 2.31. The van der Waals surface area contributed by atoms with Crippen molar-refractivity contribution in [2.45, 2.75) is 47.2 Å². The number of hydrogen-bond donors (Lipinski definition) is 1. The van der Waals surface area contributed by atoms with Gasteiger partial charge in [0.05, 0.1) is 0 Å². The maximum atomic E-state index is 5.58. The SMILES string of the molecule is Cc1cc(C(C)NCc2cc(C)sc2C)c(C)o1. The fraction of sp³-hybridized carbons (Fsp3) is 0.467. The zero-order chi connectivity index (χ0) is 13.3. The van der Waals surface area contributed by atoms with Gasteiger partial charge in [-0.3, -0.25) is 0 Å². The Morgan fingerprint density at radius 3 is 2.44 bits per heavy atom. The molecule has 2 aromatic heterocycles. The number of nitrogens with one attached hydrogen (secondary N) is 1. The van der Waals surface area contributed by atoms with Crippen molar-refractivity contribution < 1.29 is 4.42 Å². The lowest BCUT2D eigenvalue weighted by atomic mass is 10.1. The van der Waals surface area contributed by atoms with Gasteiger partial charge in [-0.15, -0.1) is 11.3 Å². The third-order valence-corrected chi connectivity index (χ3v) is 4.30. The minimum absolute atomic E-state index is 0.321. The predicted molar refractivity (Wildman–Crippen MR) is 77.2 cm³/mol. The molecule has 0 aromatic carbocycles. The first kappa shape index (κ1) is 13.4. The van der Waals surface area contributed by atoms with Crippen LogP contribution in [0.5, 0.6) is 0 Å². The van der Waals surface area contributed by atoms with Crippen molar-refractivity contribution in [3.8, 4) is 0 Å². The molecule has 2 heterocycles. The Hall–Kier alpha value is -1.06. The molecule has 0 aliphatic rings. The molecule has 0 saturated heterocycles. The lowest BCUT2D eigenvalue weighted by Gasteiger charge is -2.12. The summed E-state index contributed by atoms with van der Waals surface area (Å²) < 4.78 is 5.58. The lowest BCUT2D eigenvalue weighted by molar-refractivity contribution is 0.489. The minimum Gasteiger partial charge on any atom is -0.466 e. The molecular weight excluding hydrogens is 242 g/mol. The first-order chi connectivity index (χ1) is 8.47. The summed E-state index contributed by atoms with van der Waals surface area (Å²) in [6.07, 6.45) is 0. The van der Waals surface area contributed by atoms with Crippen molar-refractivity contribution in [3.63, 3.8) is 0 Å². The average molecular weight is 263 g/mol. The van der Waals surface area contributed by atoms with Gasteiger partial charge in [0.15, 0.2) is 0 Å². The highest BCUT2D eigenvalue weighted by molar-refractivity contribution is 7.12. The summed E-state index contributed by atoms with van der Waals surface area (Å²) in [5.74, 6) is 2.00. The van der Waals surface area contributed by atoms with Crippen LogP contribution in [0.15, 0.2) is 16.5 Å². The van der Waals surface area contributed by atoms with E-state index in [-0.39, 0.29) is 0 Å². The molecule has 18 heavy (non-hydrogen) atoms. The zero-order valence-corrected chi connectivity index (χ0v) is 12.6. The molecule has 0 saturated carbocycles. The molecule has 0 aliphatic carbocycles. The standard InChI is InChI=1S/C15H21NOS/c1-9-6-15(12(4)17-9)11(3)16-8-14-7-10(2)18-13(14)5/h6-7,11,16H,8H2,1-5H3. The van der Waals surface area contributed by atoms with Gasteiger partial charge in [-0.25, -0.2) is 0 Å². The third kappa shape index (κ3) is 2.85. The maximum Gasteiger partial charge on any atom is 0.105 e. The van der Waals surface area contributed by atoms with Crippen molar-refractivity contribution in [3.05, 3.63) is 44.5 Å². The second kappa shape index (κ2) is 5.29. The van der Waals surface area contributed by atoms with Gasteiger partial charge in [0.2, 0.25) is 0 Å². The van der Waals surface area contributed by atoms with Gasteiger partial charge in [0.1, 0.15) is 11.5 Å². The molecule has 0 spiro atoms. The highest BCUT2D eigenvalue weighted by Crippen LogP contribution is 2.24. The van der Waals surface area contributed by atoms with Crippen LogP contribution >= 0.6 is 11.3 Å². The quantitative estimate of drug-likeness (QED) is 0.883. The minimum atomic E-state index is 0.321. The van der Waals surface area contributed by atoms with E-state index in [2.05, 4.69) is 38.2 Å². The first-order valence-electron chi connectivity index (χ1n) is 6.33. The molecule has 2 aromatic rings. The molecule has 3 heteroatoms. The Morgan fingerprint density at radius 1 is 1.22 bits per heavy atom. The summed E-state index contributed by atoms with van der Waals surface area (Å²) in [6, 6.07) is 4.72. The van der Waals surface area contributed by atoms with Crippen molar-refractivity contribution in [1.82, 2.24) is 5.32 Å². The summed E-state index contributed by atoms with van der Waals surface area (Å²) in [5.41, 5.74) is 2.67. The average Bonchev–Trinajstić information content (AvgIpc) is 2.78. The fourth-order valence-corrected chi connectivity index (χ4v) is 3.26. The van der Waals surface area contributed by atoms with Gasteiger partial charge in [0, 0.05) is 27.9 Å². The highest BCUT2D eigenvalue weighted by Gasteiger charge is 2.12. The van der Waals surface area contributed by atoms with E-state index in [4.69, 9.17) is 4.42 Å². The smallest absolute Gasteiger partial charge is 0.105 e. The van der Waals surface area contributed by atoms with Crippen LogP contribution < -0.4 is 5.32 Å². The van der Waals surface area contributed by atoms with Crippen LogP contribution in [0.25, 0.3) is 0 Å². The molecule has 1 unspecified atom stereocenters. The molecule has 0 aliphatic heterocycles. The monoisotopic (exact) mass is 263 g/mol. The van der Waals surface area contributed by atoms with E-state index in [1.165, 1.54) is 20.9 Å². The highest BCUT2D eigenvalue weighted by atomic mass is 32.1. The van der Waals surface area contributed by atoms with Gasteiger partial charge < -0.3 is 9.73 Å². The van der Waals surface area contributed by atoms with Gasteiger partial charge in [-0.1, -0.05) is 0 Å². The Labute approximate surface area is 113 Å². The largest absolute Gasteiger partial charge is 0.466 e. The normalized spacial score (nSPS) is 12.9. The van der Waals surface area contributed by atoms with E-state index in [1.807, 2.05) is 25.2 Å². The molecule has 98 valence electrons. The number of hydrogen-bond acceptors (Lipinski definition) is 3. The zero-order valence-electron chi connectivity index (χ0n) is 11.8. The predicted octanol–water partition coefficient (Wildman–Crippen LogP) is 4.43. The Morgan fingerprint density at radius 2 is 1.94 bits per heavy atom. The van der Waals surface area contributed by atoms with Crippen LogP contribution in [0, 0.1) is 27.7 Å². The molecule has 1 N–H and O–H groups in total. The lowest BCUT2D eigenvalue weighted by Crippen LogP contribution is -2.18.